The summed E-state index contributed by atoms with van der Waals surface area (Å²) in [5, 5.41) is 12.9. The molecule has 0 aromatic carbocycles. The summed E-state index contributed by atoms with van der Waals surface area (Å²) >= 11 is 0. The maximum absolute atomic E-state index is 12.5. The van der Waals surface area contributed by atoms with Crippen LogP contribution < -0.4 is 0 Å². The number of carboxylic acid groups (broad SMARTS) is 1. The van der Waals surface area contributed by atoms with Crippen molar-refractivity contribution >= 4 is 11.9 Å². The third-order valence-corrected chi connectivity index (χ3v) is 3.54. The molecule has 1 aliphatic heterocycles. The SMILES string of the molecule is CCc1noc(C)c1C(=O)N1CCC[C@@H](C(=O)O)C1. The van der Waals surface area contributed by atoms with Crippen LogP contribution in [0.4, 0.5) is 0 Å². The van der Waals surface area contributed by atoms with E-state index < -0.39 is 11.9 Å². The second-order valence-electron chi connectivity index (χ2n) is 4.84. The molecule has 1 aliphatic rings. The number of hydrogen-bond donors (Lipinski definition) is 1. The predicted molar refractivity (Wildman–Crippen MR) is 66.9 cm³/mol. The lowest BCUT2D eigenvalue weighted by Gasteiger charge is -2.30. The van der Waals surface area contributed by atoms with Crippen LogP contribution in [0, 0.1) is 12.8 Å². The van der Waals surface area contributed by atoms with E-state index in [4.69, 9.17) is 9.63 Å². The van der Waals surface area contributed by atoms with Gasteiger partial charge in [0.1, 0.15) is 11.3 Å². The van der Waals surface area contributed by atoms with Gasteiger partial charge >= 0.3 is 5.97 Å². The van der Waals surface area contributed by atoms with E-state index in [1.807, 2.05) is 6.92 Å². The molecule has 104 valence electrons. The maximum atomic E-state index is 12.5. The van der Waals surface area contributed by atoms with Gasteiger partial charge in [-0.3, -0.25) is 9.59 Å². The van der Waals surface area contributed by atoms with Gasteiger partial charge < -0.3 is 14.5 Å². The molecule has 0 unspecified atom stereocenters. The number of carbonyl (C=O) groups is 2. The number of likely N-dealkylation sites (tertiary alicyclic amines) is 1. The molecule has 0 aliphatic carbocycles. The number of aliphatic carboxylic acids is 1. The Bertz CT molecular complexity index is 495. The number of amides is 1. The molecule has 0 bridgehead atoms. The first-order valence-electron chi connectivity index (χ1n) is 6.51. The standard InChI is InChI=1S/C13H18N2O4/c1-3-10-11(8(2)19-14-10)12(16)15-6-4-5-9(7-15)13(17)18/h9H,3-7H2,1-2H3,(H,17,18)/t9-/m1/s1. The Labute approximate surface area is 111 Å². The highest BCUT2D eigenvalue weighted by atomic mass is 16.5. The van der Waals surface area contributed by atoms with Gasteiger partial charge in [-0.05, 0) is 26.2 Å². The molecule has 1 aromatic rings. The number of nitrogens with zero attached hydrogens (tertiary/aromatic N) is 2. The Kier molecular flexibility index (Phi) is 3.87. The van der Waals surface area contributed by atoms with Crippen molar-refractivity contribution in [2.45, 2.75) is 33.1 Å². The van der Waals surface area contributed by atoms with E-state index >= 15 is 0 Å². The molecule has 1 N–H and O–H groups in total. The van der Waals surface area contributed by atoms with Crippen LogP contribution in [-0.2, 0) is 11.2 Å². The normalized spacial score (nSPS) is 19.5. The van der Waals surface area contributed by atoms with Gasteiger partial charge in [-0.25, -0.2) is 0 Å². The predicted octanol–water partition coefficient (Wildman–Crippen LogP) is 1.48. The lowest BCUT2D eigenvalue weighted by Crippen LogP contribution is -2.42. The Morgan fingerprint density at radius 1 is 1.53 bits per heavy atom. The van der Waals surface area contributed by atoms with Gasteiger partial charge in [0.25, 0.3) is 5.91 Å². The molecular formula is C13H18N2O4. The van der Waals surface area contributed by atoms with E-state index in [0.717, 1.165) is 0 Å². The number of hydrogen-bond acceptors (Lipinski definition) is 4. The first-order valence-corrected chi connectivity index (χ1v) is 6.51. The van der Waals surface area contributed by atoms with Crippen LogP contribution in [-0.4, -0.2) is 40.1 Å². The topological polar surface area (TPSA) is 83.6 Å². The summed E-state index contributed by atoms with van der Waals surface area (Å²) in [4.78, 5) is 25.1. The fourth-order valence-corrected chi connectivity index (χ4v) is 2.45. The van der Waals surface area contributed by atoms with Crippen LogP contribution in [0.1, 0.15) is 41.6 Å². The number of rotatable bonds is 3. The summed E-state index contributed by atoms with van der Waals surface area (Å²) < 4.78 is 5.06. The van der Waals surface area contributed by atoms with E-state index in [1.54, 1.807) is 11.8 Å². The molecule has 1 atom stereocenters. The Balaban J connectivity index is 2.19. The fraction of sp³-hybridized carbons (Fsp3) is 0.615. The number of carbonyl (C=O) groups excluding carboxylic acids is 1. The third kappa shape index (κ3) is 2.62. The second-order valence-corrected chi connectivity index (χ2v) is 4.84. The summed E-state index contributed by atoms with van der Waals surface area (Å²) in [5.74, 6) is -0.973. The van der Waals surface area contributed by atoms with E-state index in [9.17, 15) is 9.59 Å². The van der Waals surface area contributed by atoms with Gasteiger partial charge in [0.15, 0.2) is 0 Å². The zero-order valence-corrected chi connectivity index (χ0v) is 11.2. The van der Waals surface area contributed by atoms with E-state index in [-0.39, 0.29) is 12.5 Å². The van der Waals surface area contributed by atoms with Gasteiger partial charge in [-0.15, -0.1) is 0 Å². The van der Waals surface area contributed by atoms with Crippen molar-refractivity contribution in [1.82, 2.24) is 10.1 Å². The third-order valence-electron chi connectivity index (χ3n) is 3.54. The molecule has 1 amide bonds. The molecule has 1 saturated heterocycles. The van der Waals surface area contributed by atoms with Crippen molar-refractivity contribution < 1.29 is 19.2 Å². The Morgan fingerprint density at radius 3 is 2.89 bits per heavy atom. The van der Waals surface area contributed by atoms with E-state index in [1.165, 1.54) is 0 Å². The summed E-state index contributed by atoms with van der Waals surface area (Å²) in [6.07, 6.45) is 1.96. The zero-order valence-electron chi connectivity index (χ0n) is 11.2. The van der Waals surface area contributed by atoms with E-state index in [0.29, 0.717) is 42.8 Å². The Morgan fingerprint density at radius 2 is 2.26 bits per heavy atom. The second kappa shape index (κ2) is 5.42. The van der Waals surface area contributed by atoms with E-state index in [2.05, 4.69) is 5.16 Å². The molecule has 6 nitrogen and oxygen atoms in total. The highest BCUT2D eigenvalue weighted by Crippen LogP contribution is 2.22. The highest BCUT2D eigenvalue weighted by molar-refractivity contribution is 5.96. The maximum Gasteiger partial charge on any atom is 0.308 e. The summed E-state index contributed by atoms with van der Waals surface area (Å²) in [7, 11) is 0. The van der Waals surface area contributed by atoms with Gasteiger partial charge in [-0.1, -0.05) is 12.1 Å². The summed E-state index contributed by atoms with van der Waals surface area (Å²) in [6.45, 7) is 4.47. The van der Waals surface area contributed by atoms with Crippen molar-refractivity contribution in [3.63, 3.8) is 0 Å². The number of aromatic nitrogens is 1. The minimum Gasteiger partial charge on any atom is -0.481 e. The van der Waals surface area contributed by atoms with Crippen LogP contribution in [0.2, 0.25) is 0 Å². The molecule has 0 spiro atoms. The molecule has 19 heavy (non-hydrogen) atoms. The van der Waals surface area contributed by atoms with Crippen LogP contribution >= 0.6 is 0 Å². The molecule has 1 fully saturated rings. The monoisotopic (exact) mass is 266 g/mol. The fourth-order valence-electron chi connectivity index (χ4n) is 2.45. The molecule has 0 saturated carbocycles. The number of piperidine rings is 1. The first-order chi connectivity index (χ1) is 9.04. The minimum atomic E-state index is -0.838. The van der Waals surface area contributed by atoms with Gasteiger partial charge in [0.2, 0.25) is 0 Å². The van der Waals surface area contributed by atoms with Crippen molar-refractivity contribution in [2.75, 3.05) is 13.1 Å². The van der Waals surface area contributed by atoms with Crippen molar-refractivity contribution in [3.05, 3.63) is 17.0 Å². The quantitative estimate of drug-likeness (QED) is 0.895. The van der Waals surface area contributed by atoms with Crippen molar-refractivity contribution in [3.8, 4) is 0 Å². The molecule has 2 heterocycles. The summed E-state index contributed by atoms with van der Waals surface area (Å²) in [6, 6.07) is 0. The number of aryl methyl sites for hydroxylation is 2. The van der Waals surface area contributed by atoms with Gasteiger partial charge in [-0.2, -0.15) is 0 Å². The van der Waals surface area contributed by atoms with Crippen LogP contribution in [0.5, 0.6) is 0 Å². The molecule has 1 aromatic heterocycles. The van der Waals surface area contributed by atoms with Gasteiger partial charge in [0.05, 0.1) is 11.6 Å². The molecule has 0 radical (unpaired) electrons. The average Bonchev–Trinajstić information content (AvgIpc) is 2.79. The van der Waals surface area contributed by atoms with Crippen molar-refractivity contribution in [2.24, 2.45) is 5.92 Å². The zero-order chi connectivity index (χ0) is 14.0. The molecule has 2 rings (SSSR count). The van der Waals surface area contributed by atoms with Crippen LogP contribution in [0.15, 0.2) is 4.52 Å². The number of carboxylic acids is 1. The average molecular weight is 266 g/mol. The lowest BCUT2D eigenvalue weighted by atomic mass is 9.97. The lowest BCUT2D eigenvalue weighted by molar-refractivity contribution is -0.143. The van der Waals surface area contributed by atoms with Gasteiger partial charge in [0, 0.05) is 13.1 Å². The summed E-state index contributed by atoms with van der Waals surface area (Å²) in [5.41, 5.74) is 1.13. The smallest absolute Gasteiger partial charge is 0.308 e. The molecule has 6 heteroatoms. The van der Waals surface area contributed by atoms with Crippen molar-refractivity contribution in [1.29, 1.82) is 0 Å². The highest BCUT2D eigenvalue weighted by Gasteiger charge is 2.31. The van der Waals surface area contributed by atoms with Crippen LogP contribution in [0.25, 0.3) is 0 Å². The largest absolute Gasteiger partial charge is 0.481 e. The molecular weight excluding hydrogens is 248 g/mol. The first kappa shape index (κ1) is 13.6. The minimum absolute atomic E-state index is 0.165. The Hall–Kier alpha value is -1.85. The van der Waals surface area contributed by atoms with Crippen LogP contribution in [0.3, 0.4) is 0 Å².